The van der Waals surface area contributed by atoms with Crippen LogP contribution in [0.1, 0.15) is 51.7 Å². The molecule has 7 heteroatoms. The summed E-state index contributed by atoms with van der Waals surface area (Å²) >= 11 is 0. The number of rotatable bonds is 5. The lowest BCUT2D eigenvalue weighted by molar-refractivity contribution is 0.118. The molecule has 0 aliphatic carbocycles. The SMILES string of the molecule is CC(O)CN(C(=O)NCc1nnc2n1CCCCC2)C(C)C. The van der Waals surface area contributed by atoms with Gasteiger partial charge in [-0.2, -0.15) is 0 Å². The Balaban J connectivity index is 1.97. The van der Waals surface area contributed by atoms with Gasteiger partial charge in [0.25, 0.3) is 0 Å². The molecule has 1 unspecified atom stereocenters. The molecule has 22 heavy (non-hydrogen) atoms. The first-order chi connectivity index (χ1) is 10.5. The molecule has 0 aromatic carbocycles. The van der Waals surface area contributed by atoms with Crippen LogP contribution in [0.3, 0.4) is 0 Å². The summed E-state index contributed by atoms with van der Waals surface area (Å²) in [6, 6.07) is -0.146. The molecule has 2 heterocycles. The first-order valence-electron chi connectivity index (χ1n) is 8.12. The van der Waals surface area contributed by atoms with Crippen LogP contribution in [0.5, 0.6) is 0 Å². The van der Waals surface area contributed by atoms with Gasteiger partial charge in [-0.3, -0.25) is 0 Å². The van der Waals surface area contributed by atoms with E-state index in [4.69, 9.17) is 0 Å². The fraction of sp³-hybridized carbons (Fsp3) is 0.800. The van der Waals surface area contributed by atoms with E-state index in [1.807, 2.05) is 13.8 Å². The predicted molar refractivity (Wildman–Crippen MR) is 83.3 cm³/mol. The number of hydrogen-bond donors (Lipinski definition) is 2. The summed E-state index contributed by atoms with van der Waals surface area (Å²) in [5, 5.41) is 20.8. The third-order valence-corrected chi connectivity index (χ3v) is 3.93. The highest BCUT2D eigenvalue weighted by Crippen LogP contribution is 2.14. The minimum Gasteiger partial charge on any atom is -0.392 e. The van der Waals surface area contributed by atoms with Gasteiger partial charge in [-0.15, -0.1) is 10.2 Å². The van der Waals surface area contributed by atoms with E-state index in [9.17, 15) is 9.90 Å². The van der Waals surface area contributed by atoms with Gasteiger partial charge >= 0.3 is 6.03 Å². The molecule has 1 aromatic rings. The molecule has 2 rings (SSSR count). The van der Waals surface area contributed by atoms with Gasteiger partial charge in [-0.1, -0.05) is 6.42 Å². The number of aliphatic hydroxyl groups excluding tert-OH is 1. The molecule has 2 amide bonds. The maximum atomic E-state index is 12.3. The number of nitrogens with one attached hydrogen (secondary N) is 1. The molecule has 1 aliphatic rings. The number of urea groups is 1. The topological polar surface area (TPSA) is 83.3 Å². The second-order valence-electron chi connectivity index (χ2n) is 6.25. The van der Waals surface area contributed by atoms with Crippen LogP contribution >= 0.6 is 0 Å². The number of aryl methyl sites for hydroxylation is 1. The van der Waals surface area contributed by atoms with Crippen LogP contribution in [0.4, 0.5) is 4.79 Å². The summed E-state index contributed by atoms with van der Waals surface area (Å²) in [4.78, 5) is 13.9. The van der Waals surface area contributed by atoms with E-state index in [1.54, 1.807) is 11.8 Å². The second-order valence-corrected chi connectivity index (χ2v) is 6.25. The number of aromatic nitrogens is 3. The Labute approximate surface area is 131 Å². The average molecular weight is 309 g/mol. The monoisotopic (exact) mass is 309 g/mol. The normalized spacial score (nSPS) is 16.0. The quantitative estimate of drug-likeness (QED) is 0.859. The standard InChI is InChI=1S/C15H27N5O2/c1-11(2)20(10-12(3)21)15(22)16-9-14-18-17-13-7-5-4-6-8-19(13)14/h11-12,21H,4-10H2,1-3H3,(H,16,22). The van der Waals surface area contributed by atoms with Crippen LogP contribution in [0.2, 0.25) is 0 Å². The number of fused-ring (bicyclic) bond motifs is 1. The van der Waals surface area contributed by atoms with E-state index in [1.165, 1.54) is 6.42 Å². The molecule has 0 saturated carbocycles. The van der Waals surface area contributed by atoms with Crippen molar-refractivity contribution >= 4 is 6.03 Å². The minimum absolute atomic E-state index is 0.0325. The molecule has 0 spiro atoms. The van der Waals surface area contributed by atoms with Gasteiger partial charge in [0.05, 0.1) is 12.6 Å². The number of amides is 2. The van der Waals surface area contributed by atoms with E-state index in [2.05, 4.69) is 20.1 Å². The fourth-order valence-electron chi connectivity index (χ4n) is 2.75. The maximum absolute atomic E-state index is 12.3. The number of carbonyl (C=O) groups excluding carboxylic acids is 1. The zero-order valence-corrected chi connectivity index (χ0v) is 13.7. The van der Waals surface area contributed by atoms with Crippen LogP contribution in [-0.2, 0) is 19.5 Å². The highest BCUT2D eigenvalue weighted by atomic mass is 16.3. The van der Waals surface area contributed by atoms with E-state index >= 15 is 0 Å². The van der Waals surface area contributed by atoms with Gasteiger partial charge in [-0.05, 0) is 33.6 Å². The van der Waals surface area contributed by atoms with Crippen molar-refractivity contribution in [2.24, 2.45) is 0 Å². The van der Waals surface area contributed by atoms with Crippen molar-refractivity contribution in [2.45, 2.75) is 71.7 Å². The van der Waals surface area contributed by atoms with Crippen molar-refractivity contribution in [3.05, 3.63) is 11.6 Å². The third kappa shape index (κ3) is 4.19. The van der Waals surface area contributed by atoms with Crippen molar-refractivity contribution in [3.63, 3.8) is 0 Å². The Bertz CT molecular complexity index is 498. The Hall–Kier alpha value is -1.63. The number of nitrogens with zero attached hydrogens (tertiary/aromatic N) is 4. The highest BCUT2D eigenvalue weighted by molar-refractivity contribution is 5.74. The Morgan fingerprint density at radius 3 is 2.77 bits per heavy atom. The van der Waals surface area contributed by atoms with Crippen LogP contribution < -0.4 is 5.32 Å². The van der Waals surface area contributed by atoms with Crippen LogP contribution in [0.15, 0.2) is 0 Å². The molecule has 0 fully saturated rings. The van der Waals surface area contributed by atoms with E-state index in [0.29, 0.717) is 13.1 Å². The minimum atomic E-state index is -0.544. The summed E-state index contributed by atoms with van der Waals surface area (Å²) in [6.45, 7) is 7.17. The smallest absolute Gasteiger partial charge is 0.318 e. The lowest BCUT2D eigenvalue weighted by atomic mass is 10.2. The zero-order valence-electron chi connectivity index (χ0n) is 13.7. The zero-order chi connectivity index (χ0) is 16.1. The van der Waals surface area contributed by atoms with Crippen molar-refractivity contribution in [3.8, 4) is 0 Å². The van der Waals surface area contributed by atoms with Crippen molar-refractivity contribution in [1.82, 2.24) is 25.0 Å². The van der Waals surface area contributed by atoms with E-state index in [0.717, 1.165) is 37.5 Å². The fourth-order valence-corrected chi connectivity index (χ4v) is 2.75. The molecule has 0 saturated heterocycles. The molecule has 1 aliphatic heterocycles. The van der Waals surface area contributed by atoms with Crippen molar-refractivity contribution in [2.75, 3.05) is 6.54 Å². The van der Waals surface area contributed by atoms with E-state index in [-0.39, 0.29) is 12.1 Å². The lowest BCUT2D eigenvalue weighted by Crippen LogP contribution is -2.46. The summed E-state index contributed by atoms with van der Waals surface area (Å²) in [5.74, 6) is 1.83. The van der Waals surface area contributed by atoms with Gasteiger partial charge in [0, 0.05) is 25.6 Å². The molecule has 124 valence electrons. The largest absolute Gasteiger partial charge is 0.392 e. The van der Waals surface area contributed by atoms with Crippen molar-refractivity contribution < 1.29 is 9.90 Å². The summed E-state index contributed by atoms with van der Waals surface area (Å²) in [5.41, 5.74) is 0. The predicted octanol–water partition coefficient (Wildman–Crippen LogP) is 1.31. The summed E-state index contributed by atoms with van der Waals surface area (Å²) < 4.78 is 2.13. The Morgan fingerprint density at radius 2 is 2.09 bits per heavy atom. The Kier molecular flexibility index (Phi) is 5.76. The maximum Gasteiger partial charge on any atom is 0.318 e. The number of hydrogen-bond acceptors (Lipinski definition) is 4. The summed E-state index contributed by atoms with van der Waals surface area (Å²) in [7, 11) is 0. The first-order valence-corrected chi connectivity index (χ1v) is 8.12. The molecular weight excluding hydrogens is 282 g/mol. The average Bonchev–Trinajstić information content (AvgIpc) is 2.68. The van der Waals surface area contributed by atoms with Gasteiger partial charge in [0.15, 0.2) is 5.82 Å². The van der Waals surface area contributed by atoms with Crippen molar-refractivity contribution in [1.29, 1.82) is 0 Å². The molecule has 0 bridgehead atoms. The lowest BCUT2D eigenvalue weighted by Gasteiger charge is -2.28. The van der Waals surface area contributed by atoms with Gasteiger partial charge in [-0.25, -0.2) is 4.79 Å². The van der Waals surface area contributed by atoms with Crippen LogP contribution in [0.25, 0.3) is 0 Å². The van der Waals surface area contributed by atoms with Gasteiger partial charge in [0.2, 0.25) is 0 Å². The first kappa shape index (κ1) is 16.7. The third-order valence-electron chi connectivity index (χ3n) is 3.93. The van der Waals surface area contributed by atoms with Crippen LogP contribution in [0, 0.1) is 0 Å². The molecule has 2 N–H and O–H groups in total. The van der Waals surface area contributed by atoms with Gasteiger partial charge in [0.1, 0.15) is 5.82 Å². The van der Waals surface area contributed by atoms with E-state index < -0.39 is 6.10 Å². The second kappa shape index (κ2) is 7.58. The molecule has 7 nitrogen and oxygen atoms in total. The van der Waals surface area contributed by atoms with Crippen LogP contribution in [-0.4, -0.2) is 49.5 Å². The molecule has 1 atom stereocenters. The number of carbonyl (C=O) groups is 1. The van der Waals surface area contributed by atoms with Gasteiger partial charge < -0.3 is 19.9 Å². The molecular formula is C15H27N5O2. The number of aliphatic hydroxyl groups is 1. The Morgan fingerprint density at radius 1 is 1.32 bits per heavy atom. The molecule has 1 aromatic heterocycles. The summed E-state index contributed by atoms with van der Waals surface area (Å²) in [6.07, 6.45) is 3.91. The molecule has 0 radical (unpaired) electrons. The highest BCUT2D eigenvalue weighted by Gasteiger charge is 2.20.